The molecule has 3 heterocycles. The highest BCUT2D eigenvalue weighted by Gasteiger charge is 2.29. The molecular formula is C15H22N4O3S2. The van der Waals surface area contributed by atoms with Crippen molar-refractivity contribution >= 4 is 35.4 Å². The molecule has 1 fully saturated rings. The van der Waals surface area contributed by atoms with Crippen LogP contribution < -0.4 is 0 Å². The first-order valence-corrected chi connectivity index (χ1v) is 10.2. The summed E-state index contributed by atoms with van der Waals surface area (Å²) in [6.07, 6.45) is 4.47. The van der Waals surface area contributed by atoms with E-state index in [1.54, 1.807) is 16.7 Å². The minimum atomic E-state index is -0.276. The van der Waals surface area contributed by atoms with Crippen molar-refractivity contribution in [3.63, 3.8) is 0 Å². The fourth-order valence-corrected chi connectivity index (χ4v) is 4.95. The van der Waals surface area contributed by atoms with E-state index in [0.717, 1.165) is 42.5 Å². The number of amides is 1. The van der Waals surface area contributed by atoms with Crippen LogP contribution >= 0.6 is 23.5 Å². The van der Waals surface area contributed by atoms with Crippen molar-refractivity contribution < 1.29 is 14.3 Å². The van der Waals surface area contributed by atoms with Crippen LogP contribution in [0.5, 0.6) is 0 Å². The van der Waals surface area contributed by atoms with Crippen LogP contribution in [-0.2, 0) is 27.3 Å². The second kappa shape index (κ2) is 8.24. The van der Waals surface area contributed by atoms with E-state index < -0.39 is 0 Å². The number of esters is 1. The number of thioether (sulfide) groups is 2. The van der Waals surface area contributed by atoms with Gasteiger partial charge in [0.15, 0.2) is 5.16 Å². The molecule has 1 saturated heterocycles. The molecule has 1 aromatic rings. The summed E-state index contributed by atoms with van der Waals surface area (Å²) in [5, 5.41) is 9.05. The number of nitrogens with zero attached hydrogens (tertiary/aromatic N) is 4. The minimum absolute atomic E-state index is 0.0418. The molecule has 0 spiro atoms. The number of hydrogen-bond acceptors (Lipinski definition) is 7. The number of methoxy groups -OCH3 is 1. The molecular weight excluding hydrogens is 348 g/mol. The van der Waals surface area contributed by atoms with E-state index in [4.69, 9.17) is 4.74 Å². The first kappa shape index (κ1) is 17.6. The average Bonchev–Trinajstić information content (AvgIpc) is 2.85. The highest BCUT2D eigenvalue weighted by atomic mass is 32.2. The van der Waals surface area contributed by atoms with Crippen LogP contribution in [0.25, 0.3) is 0 Å². The Morgan fingerprint density at radius 3 is 3.00 bits per heavy atom. The number of hydrogen-bond donors (Lipinski definition) is 0. The van der Waals surface area contributed by atoms with Crippen LogP contribution in [-0.4, -0.2) is 68.5 Å². The van der Waals surface area contributed by atoms with Gasteiger partial charge in [-0.25, -0.2) is 0 Å². The third kappa shape index (κ3) is 4.05. The van der Waals surface area contributed by atoms with Gasteiger partial charge in [-0.15, -0.1) is 22.0 Å². The predicted octanol–water partition coefficient (Wildman–Crippen LogP) is 1.21. The molecule has 24 heavy (non-hydrogen) atoms. The second-order valence-corrected chi connectivity index (χ2v) is 8.13. The van der Waals surface area contributed by atoms with Crippen molar-refractivity contribution in [2.24, 2.45) is 0 Å². The third-order valence-corrected chi connectivity index (χ3v) is 6.40. The lowest BCUT2D eigenvalue weighted by atomic mass is 10.2. The normalized spacial score (nSPS) is 21.0. The van der Waals surface area contributed by atoms with Crippen molar-refractivity contribution in [2.75, 3.05) is 31.7 Å². The number of ether oxygens (including phenoxy) is 1. The van der Waals surface area contributed by atoms with Crippen LogP contribution in [0.1, 0.15) is 25.1 Å². The zero-order chi connectivity index (χ0) is 16.9. The van der Waals surface area contributed by atoms with Gasteiger partial charge in [-0.1, -0.05) is 18.2 Å². The highest BCUT2D eigenvalue weighted by molar-refractivity contribution is 8.00. The minimum Gasteiger partial charge on any atom is -0.468 e. The molecule has 0 saturated carbocycles. The molecule has 0 N–H and O–H groups in total. The SMILES string of the molecule is COC(=O)[C@@H]1CN(C(=O)CSc2nnc3n2CCCCC3)CCS1. The summed E-state index contributed by atoms with van der Waals surface area (Å²) in [6, 6.07) is 0. The Morgan fingerprint density at radius 1 is 1.29 bits per heavy atom. The van der Waals surface area contributed by atoms with Gasteiger partial charge in [0.25, 0.3) is 0 Å². The van der Waals surface area contributed by atoms with Gasteiger partial charge in [0.2, 0.25) is 5.91 Å². The third-order valence-electron chi connectivity index (χ3n) is 4.28. The molecule has 0 aromatic carbocycles. The van der Waals surface area contributed by atoms with Gasteiger partial charge >= 0.3 is 5.97 Å². The van der Waals surface area contributed by atoms with Gasteiger partial charge in [0, 0.05) is 31.8 Å². The van der Waals surface area contributed by atoms with Gasteiger partial charge in [-0.2, -0.15) is 0 Å². The lowest BCUT2D eigenvalue weighted by Gasteiger charge is -2.30. The molecule has 1 aromatic heterocycles. The summed E-state index contributed by atoms with van der Waals surface area (Å²) in [7, 11) is 1.39. The number of carbonyl (C=O) groups is 2. The van der Waals surface area contributed by atoms with Gasteiger partial charge in [0.05, 0.1) is 12.9 Å². The van der Waals surface area contributed by atoms with Crippen LogP contribution in [0.3, 0.4) is 0 Å². The Balaban J connectivity index is 1.56. The molecule has 7 nitrogen and oxygen atoms in total. The van der Waals surface area contributed by atoms with Gasteiger partial charge in [-0.3, -0.25) is 9.59 Å². The molecule has 2 aliphatic heterocycles. The molecule has 3 rings (SSSR count). The van der Waals surface area contributed by atoms with Crippen molar-refractivity contribution in [3.05, 3.63) is 5.82 Å². The summed E-state index contributed by atoms with van der Waals surface area (Å²) in [5.41, 5.74) is 0. The Hall–Kier alpha value is -1.22. The highest BCUT2D eigenvalue weighted by Crippen LogP contribution is 2.24. The van der Waals surface area contributed by atoms with Gasteiger partial charge in [-0.05, 0) is 12.8 Å². The zero-order valence-corrected chi connectivity index (χ0v) is 15.4. The molecule has 0 aliphatic carbocycles. The van der Waals surface area contributed by atoms with Gasteiger partial charge in [0.1, 0.15) is 11.1 Å². The lowest BCUT2D eigenvalue weighted by molar-refractivity contribution is -0.141. The Labute approximate surface area is 149 Å². The van der Waals surface area contributed by atoms with Crippen molar-refractivity contribution in [3.8, 4) is 0 Å². The van der Waals surface area contributed by atoms with Crippen LogP contribution in [0.2, 0.25) is 0 Å². The standard InChI is InChI=1S/C15H22N4O3S2/c1-22-14(21)11-9-18(7-8-23-11)13(20)10-24-15-17-16-12-5-3-2-4-6-19(12)15/h11H,2-10H2,1H3/t11-/m0/s1. The molecule has 1 atom stereocenters. The maximum Gasteiger partial charge on any atom is 0.320 e. The molecule has 2 aliphatic rings. The molecule has 0 bridgehead atoms. The summed E-state index contributed by atoms with van der Waals surface area (Å²) < 4.78 is 6.93. The number of fused-ring (bicyclic) bond motifs is 1. The maximum atomic E-state index is 12.5. The maximum absolute atomic E-state index is 12.5. The van der Waals surface area contributed by atoms with E-state index >= 15 is 0 Å². The summed E-state index contributed by atoms with van der Waals surface area (Å²) in [6.45, 7) is 2.04. The molecule has 1 amide bonds. The van der Waals surface area contributed by atoms with E-state index in [0.29, 0.717) is 18.8 Å². The lowest BCUT2D eigenvalue weighted by Crippen LogP contribution is -2.45. The Bertz CT molecular complexity index is 608. The fourth-order valence-electron chi connectivity index (χ4n) is 2.93. The second-order valence-electron chi connectivity index (χ2n) is 5.87. The predicted molar refractivity (Wildman–Crippen MR) is 93.1 cm³/mol. The smallest absolute Gasteiger partial charge is 0.320 e. The largest absolute Gasteiger partial charge is 0.468 e. The number of carbonyl (C=O) groups excluding carboxylic acids is 2. The van der Waals surface area contributed by atoms with Crippen LogP contribution in [0.4, 0.5) is 0 Å². The molecule has 132 valence electrons. The molecule has 0 unspecified atom stereocenters. The monoisotopic (exact) mass is 370 g/mol. The van der Waals surface area contributed by atoms with Crippen molar-refractivity contribution in [2.45, 2.75) is 42.6 Å². The Kier molecular flexibility index (Phi) is 6.04. The van der Waals surface area contributed by atoms with Crippen LogP contribution in [0.15, 0.2) is 5.16 Å². The molecule has 9 heteroatoms. The number of aryl methyl sites for hydroxylation is 1. The van der Waals surface area contributed by atoms with E-state index in [-0.39, 0.29) is 17.1 Å². The fraction of sp³-hybridized carbons (Fsp3) is 0.733. The first-order valence-electron chi connectivity index (χ1n) is 8.21. The van der Waals surface area contributed by atoms with E-state index in [2.05, 4.69) is 14.8 Å². The molecule has 0 radical (unpaired) electrons. The van der Waals surface area contributed by atoms with Gasteiger partial charge < -0.3 is 14.2 Å². The van der Waals surface area contributed by atoms with E-state index in [1.165, 1.54) is 25.3 Å². The van der Waals surface area contributed by atoms with Crippen molar-refractivity contribution in [1.82, 2.24) is 19.7 Å². The van der Waals surface area contributed by atoms with E-state index in [9.17, 15) is 9.59 Å². The summed E-state index contributed by atoms with van der Waals surface area (Å²) in [4.78, 5) is 25.9. The van der Waals surface area contributed by atoms with E-state index in [1.807, 2.05) is 0 Å². The van der Waals surface area contributed by atoms with Crippen LogP contribution in [0, 0.1) is 0 Å². The Morgan fingerprint density at radius 2 is 2.17 bits per heavy atom. The summed E-state index contributed by atoms with van der Waals surface area (Å²) >= 11 is 3.00. The number of rotatable bonds is 4. The quantitative estimate of drug-likeness (QED) is 0.582. The first-order chi connectivity index (χ1) is 11.7. The zero-order valence-electron chi connectivity index (χ0n) is 13.8. The van der Waals surface area contributed by atoms with Crippen molar-refractivity contribution in [1.29, 1.82) is 0 Å². The summed E-state index contributed by atoms with van der Waals surface area (Å²) in [5.74, 6) is 1.91. The topological polar surface area (TPSA) is 77.3 Å². The number of aromatic nitrogens is 3. The average molecular weight is 371 g/mol.